The van der Waals surface area contributed by atoms with Gasteiger partial charge in [-0.25, -0.2) is 14.0 Å². The number of rotatable bonds is 3. The minimum absolute atomic E-state index is 0.135. The Morgan fingerprint density at radius 2 is 1.72 bits per heavy atom. The van der Waals surface area contributed by atoms with Crippen molar-refractivity contribution in [3.05, 3.63) is 77.2 Å². The van der Waals surface area contributed by atoms with Crippen molar-refractivity contribution in [2.75, 3.05) is 13.1 Å². The van der Waals surface area contributed by atoms with Crippen molar-refractivity contribution in [3.8, 4) is 22.5 Å². The lowest BCUT2D eigenvalue weighted by molar-refractivity contribution is -0.126. The van der Waals surface area contributed by atoms with Crippen LogP contribution in [-0.4, -0.2) is 54.9 Å². The number of carbonyl (C=O) groups excluding carboxylic acids is 2. The molecule has 1 aliphatic heterocycles. The largest absolute Gasteiger partial charge is 0.444 e. The highest BCUT2D eigenvalue weighted by molar-refractivity contribution is 5.91. The van der Waals surface area contributed by atoms with Gasteiger partial charge in [-0.3, -0.25) is 9.59 Å². The predicted octanol–water partition coefficient (Wildman–Crippen LogP) is 3.98. The zero-order valence-corrected chi connectivity index (χ0v) is 20.4. The van der Waals surface area contributed by atoms with E-state index in [0.29, 0.717) is 5.69 Å². The second kappa shape index (κ2) is 9.07. The number of ether oxygens (including phenoxy) is 1. The van der Waals surface area contributed by atoms with Crippen LogP contribution in [0.3, 0.4) is 0 Å². The number of pyridine rings is 1. The summed E-state index contributed by atoms with van der Waals surface area (Å²) in [6, 6.07) is 17.8. The predicted molar refractivity (Wildman–Crippen MR) is 135 cm³/mol. The first-order valence-corrected chi connectivity index (χ1v) is 11.8. The normalized spacial score (nSPS) is 16.4. The number of amides is 1. The quantitative estimate of drug-likeness (QED) is 0.435. The average molecular weight is 486 g/mol. The van der Waals surface area contributed by atoms with Crippen molar-refractivity contribution < 1.29 is 14.3 Å². The lowest BCUT2D eigenvalue weighted by Crippen LogP contribution is -2.48. The van der Waals surface area contributed by atoms with Gasteiger partial charge in [0.15, 0.2) is 5.78 Å². The molecule has 1 fully saturated rings. The van der Waals surface area contributed by atoms with Gasteiger partial charge in [-0.05, 0) is 45.4 Å². The molecule has 4 aromatic rings. The fourth-order valence-corrected chi connectivity index (χ4v) is 4.38. The van der Waals surface area contributed by atoms with Crippen LogP contribution in [0, 0.1) is 0 Å². The van der Waals surface area contributed by atoms with E-state index in [-0.39, 0.29) is 30.9 Å². The highest BCUT2D eigenvalue weighted by Gasteiger charge is 2.34. The number of carbonyl (C=O) groups is 2. The van der Waals surface area contributed by atoms with Gasteiger partial charge in [-0.1, -0.05) is 36.4 Å². The molecule has 1 saturated heterocycles. The molecule has 0 bridgehead atoms. The summed E-state index contributed by atoms with van der Waals surface area (Å²) in [5.41, 5.74) is 2.75. The number of Topliss-reactive ketones (excluding diaryl/α,β-unsaturated/α-hetero) is 1. The zero-order valence-electron chi connectivity index (χ0n) is 20.4. The molecule has 0 radical (unpaired) electrons. The maximum Gasteiger partial charge on any atom is 0.410 e. The first kappa shape index (κ1) is 23.5. The summed E-state index contributed by atoms with van der Waals surface area (Å²) in [4.78, 5) is 39.7. The molecule has 184 valence electrons. The first-order valence-electron chi connectivity index (χ1n) is 11.8. The lowest BCUT2D eigenvalue weighted by atomic mass is 10.0. The third-order valence-corrected chi connectivity index (χ3v) is 6.01. The van der Waals surface area contributed by atoms with Crippen molar-refractivity contribution in [2.24, 2.45) is 0 Å². The number of aromatic nitrogens is 4. The van der Waals surface area contributed by atoms with E-state index in [1.165, 1.54) is 15.6 Å². The number of likely N-dealkylation sites (tertiary alicyclic amines) is 1. The molecule has 5 rings (SSSR count). The smallest absolute Gasteiger partial charge is 0.410 e. The third kappa shape index (κ3) is 4.51. The van der Waals surface area contributed by atoms with Crippen LogP contribution < -0.4 is 5.56 Å². The van der Waals surface area contributed by atoms with Crippen LogP contribution in [-0.2, 0) is 9.53 Å². The van der Waals surface area contributed by atoms with Crippen LogP contribution >= 0.6 is 0 Å². The highest BCUT2D eigenvalue weighted by Crippen LogP contribution is 2.34. The Kier molecular flexibility index (Phi) is 5.91. The van der Waals surface area contributed by atoms with E-state index in [2.05, 4.69) is 5.10 Å². The molecule has 0 saturated carbocycles. The van der Waals surface area contributed by atoms with E-state index >= 15 is 0 Å². The van der Waals surface area contributed by atoms with Crippen LogP contribution in [0.15, 0.2) is 71.7 Å². The molecule has 1 unspecified atom stereocenters. The van der Waals surface area contributed by atoms with Gasteiger partial charge in [0.05, 0.1) is 23.3 Å². The molecule has 1 aromatic carbocycles. The first-order chi connectivity index (χ1) is 17.2. The highest BCUT2D eigenvalue weighted by atomic mass is 16.6. The maximum absolute atomic E-state index is 13.1. The van der Waals surface area contributed by atoms with E-state index < -0.39 is 17.7 Å². The average Bonchev–Trinajstić information content (AvgIpc) is 3.24. The maximum atomic E-state index is 13.1. The van der Waals surface area contributed by atoms with Crippen molar-refractivity contribution >= 4 is 17.4 Å². The van der Waals surface area contributed by atoms with E-state index in [1.54, 1.807) is 31.4 Å². The van der Waals surface area contributed by atoms with Crippen LogP contribution in [0.4, 0.5) is 4.79 Å². The molecule has 0 N–H and O–H groups in total. The fraction of sp³-hybridized carbons (Fsp3) is 0.296. The fourth-order valence-electron chi connectivity index (χ4n) is 4.38. The monoisotopic (exact) mass is 485 g/mol. The molecule has 0 spiro atoms. The summed E-state index contributed by atoms with van der Waals surface area (Å²) in [6.45, 7) is 5.48. The molecule has 1 amide bonds. The summed E-state index contributed by atoms with van der Waals surface area (Å²) < 4.78 is 8.41. The Balaban J connectivity index is 1.52. The van der Waals surface area contributed by atoms with Gasteiger partial charge in [0.1, 0.15) is 17.3 Å². The summed E-state index contributed by atoms with van der Waals surface area (Å²) in [5.74, 6) is -0.262. The Morgan fingerprint density at radius 1 is 0.972 bits per heavy atom. The number of piperidine rings is 1. The Hall–Kier alpha value is -4.27. The standard InChI is InChI=1S/C27H27N5O4/c1-27(2,3)36-26(35)30-16-14-20(22(33)17-30)32-23(34)13-12-19(28-32)24-21-11-7-8-15-31(21)29-25(24)18-9-5-4-6-10-18/h4-13,15,20H,14,16-17H2,1-3H3. The third-order valence-electron chi connectivity index (χ3n) is 6.01. The zero-order chi connectivity index (χ0) is 25.4. The van der Waals surface area contributed by atoms with Crippen LogP contribution in [0.5, 0.6) is 0 Å². The second-order valence-corrected chi connectivity index (χ2v) is 9.79. The molecule has 36 heavy (non-hydrogen) atoms. The number of benzene rings is 1. The topological polar surface area (TPSA) is 98.8 Å². The van der Waals surface area contributed by atoms with Gasteiger partial charge in [0.25, 0.3) is 5.56 Å². The van der Waals surface area contributed by atoms with E-state index in [4.69, 9.17) is 9.84 Å². The summed E-state index contributed by atoms with van der Waals surface area (Å²) in [6.07, 6.45) is 1.59. The van der Waals surface area contributed by atoms with Gasteiger partial charge in [0.2, 0.25) is 0 Å². The minimum Gasteiger partial charge on any atom is -0.444 e. The van der Waals surface area contributed by atoms with Gasteiger partial charge in [-0.2, -0.15) is 10.2 Å². The summed E-state index contributed by atoms with van der Waals surface area (Å²) >= 11 is 0. The lowest BCUT2D eigenvalue weighted by Gasteiger charge is -2.32. The SMILES string of the molecule is CC(C)(C)OC(=O)N1CCC(n2nc(-c3c(-c4ccccc4)nn4ccccc34)ccc2=O)C(=O)C1. The molecule has 9 heteroatoms. The van der Waals surface area contributed by atoms with Gasteiger partial charge < -0.3 is 9.64 Å². The Bertz CT molecular complexity index is 1500. The van der Waals surface area contributed by atoms with E-state index in [9.17, 15) is 14.4 Å². The number of fused-ring (bicyclic) bond motifs is 1. The molecule has 4 heterocycles. The Morgan fingerprint density at radius 3 is 2.44 bits per heavy atom. The summed E-state index contributed by atoms with van der Waals surface area (Å²) in [5, 5.41) is 9.41. The minimum atomic E-state index is -0.766. The molecular weight excluding hydrogens is 458 g/mol. The molecule has 1 atom stereocenters. The Labute approximate surface area is 207 Å². The van der Waals surface area contributed by atoms with Crippen molar-refractivity contribution in [1.29, 1.82) is 0 Å². The van der Waals surface area contributed by atoms with Crippen molar-refractivity contribution in [1.82, 2.24) is 24.3 Å². The molecular formula is C27H27N5O4. The van der Waals surface area contributed by atoms with Crippen molar-refractivity contribution in [3.63, 3.8) is 0 Å². The van der Waals surface area contributed by atoms with Gasteiger partial charge >= 0.3 is 6.09 Å². The molecule has 9 nitrogen and oxygen atoms in total. The van der Waals surface area contributed by atoms with Crippen LogP contribution in [0.1, 0.15) is 33.2 Å². The number of nitrogens with zero attached hydrogens (tertiary/aromatic N) is 5. The van der Waals surface area contributed by atoms with Gasteiger partial charge in [-0.15, -0.1) is 0 Å². The summed E-state index contributed by atoms with van der Waals surface area (Å²) in [7, 11) is 0. The van der Waals surface area contributed by atoms with E-state index in [1.807, 2.05) is 54.7 Å². The molecule has 0 aliphatic carbocycles. The molecule has 3 aromatic heterocycles. The van der Waals surface area contributed by atoms with Crippen LogP contribution in [0.25, 0.3) is 28.0 Å². The number of hydrogen-bond acceptors (Lipinski definition) is 6. The second-order valence-electron chi connectivity index (χ2n) is 9.79. The number of hydrogen-bond donors (Lipinski definition) is 0. The number of ketones is 1. The van der Waals surface area contributed by atoms with Crippen LogP contribution in [0.2, 0.25) is 0 Å². The molecule has 1 aliphatic rings. The van der Waals surface area contributed by atoms with E-state index in [0.717, 1.165) is 22.3 Å². The van der Waals surface area contributed by atoms with Gasteiger partial charge in [0, 0.05) is 24.4 Å². The van der Waals surface area contributed by atoms with Crippen molar-refractivity contribution in [2.45, 2.75) is 38.8 Å².